The molecular weight excluding hydrogens is 414 g/mol. The van der Waals surface area contributed by atoms with Gasteiger partial charge in [0.05, 0.1) is 12.1 Å². The monoisotopic (exact) mass is 437 g/mol. The SMILES string of the molecule is CC(C)(C)NC(=O)Nc1ccc2c(c1)CCC(=O)N2Cc1cc(C(F)(F)F)ccc1F. The molecule has 0 unspecified atom stereocenters. The van der Waals surface area contributed by atoms with Gasteiger partial charge in [0.15, 0.2) is 0 Å². The molecule has 0 saturated carbocycles. The number of fused-ring (bicyclic) bond motifs is 1. The molecule has 0 bridgehead atoms. The number of carbonyl (C=O) groups is 2. The van der Waals surface area contributed by atoms with Gasteiger partial charge in [-0.15, -0.1) is 0 Å². The van der Waals surface area contributed by atoms with Crippen LogP contribution in [0.25, 0.3) is 0 Å². The Morgan fingerprint density at radius 1 is 1.06 bits per heavy atom. The van der Waals surface area contributed by atoms with Crippen molar-refractivity contribution in [2.75, 3.05) is 10.2 Å². The molecular formula is C22H23F4N3O2. The third-order valence-electron chi connectivity index (χ3n) is 4.73. The Morgan fingerprint density at radius 3 is 2.42 bits per heavy atom. The number of rotatable bonds is 3. The van der Waals surface area contributed by atoms with Gasteiger partial charge in [-0.05, 0) is 69.2 Å². The van der Waals surface area contributed by atoms with Crippen molar-refractivity contribution >= 4 is 23.3 Å². The number of amides is 3. The van der Waals surface area contributed by atoms with E-state index in [1.54, 1.807) is 18.2 Å². The number of urea groups is 1. The number of aryl methyl sites for hydroxylation is 1. The molecule has 0 saturated heterocycles. The minimum Gasteiger partial charge on any atom is -0.333 e. The smallest absolute Gasteiger partial charge is 0.333 e. The number of halogens is 4. The molecule has 0 radical (unpaired) electrons. The molecule has 0 atom stereocenters. The van der Waals surface area contributed by atoms with Crippen molar-refractivity contribution < 1.29 is 27.2 Å². The third kappa shape index (κ3) is 5.53. The van der Waals surface area contributed by atoms with E-state index in [0.717, 1.165) is 17.7 Å². The number of hydrogen-bond donors (Lipinski definition) is 2. The van der Waals surface area contributed by atoms with E-state index in [4.69, 9.17) is 0 Å². The standard InChI is InChI=1S/C22H23F4N3O2/c1-21(2,3)28-20(31)27-16-6-8-18-13(11-16)4-9-19(30)29(18)12-14-10-15(22(24,25)26)5-7-17(14)23/h5-8,10-11H,4,9,12H2,1-3H3,(H2,27,28,31). The first kappa shape index (κ1) is 22.6. The van der Waals surface area contributed by atoms with Crippen molar-refractivity contribution in [2.24, 2.45) is 0 Å². The largest absolute Gasteiger partial charge is 0.416 e. The normalized spacial score (nSPS) is 14.3. The number of anilines is 2. The first-order valence-electron chi connectivity index (χ1n) is 9.71. The second-order valence-corrected chi connectivity index (χ2v) is 8.46. The molecule has 9 heteroatoms. The fourth-order valence-corrected chi connectivity index (χ4v) is 3.36. The summed E-state index contributed by atoms with van der Waals surface area (Å²) >= 11 is 0. The maximum Gasteiger partial charge on any atom is 0.416 e. The molecule has 1 aliphatic heterocycles. The summed E-state index contributed by atoms with van der Waals surface area (Å²) in [5, 5.41) is 5.49. The molecule has 31 heavy (non-hydrogen) atoms. The maximum atomic E-state index is 14.2. The first-order valence-corrected chi connectivity index (χ1v) is 9.71. The van der Waals surface area contributed by atoms with Gasteiger partial charge in [-0.3, -0.25) is 4.79 Å². The van der Waals surface area contributed by atoms with E-state index in [9.17, 15) is 27.2 Å². The molecule has 2 N–H and O–H groups in total. The van der Waals surface area contributed by atoms with Crippen molar-refractivity contribution in [3.8, 4) is 0 Å². The maximum absolute atomic E-state index is 14.2. The number of carbonyl (C=O) groups excluding carboxylic acids is 2. The zero-order valence-electron chi connectivity index (χ0n) is 17.4. The van der Waals surface area contributed by atoms with Crippen LogP contribution < -0.4 is 15.5 Å². The van der Waals surface area contributed by atoms with Crippen LogP contribution >= 0.6 is 0 Å². The molecule has 2 aromatic rings. The molecule has 5 nitrogen and oxygen atoms in total. The van der Waals surface area contributed by atoms with E-state index in [1.807, 2.05) is 20.8 Å². The molecule has 0 aliphatic carbocycles. The highest BCUT2D eigenvalue weighted by atomic mass is 19.4. The molecule has 3 rings (SSSR count). The van der Waals surface area contributed by atoms with Crippen LogP contribution in [0, 0.1) is 5.82 Å². The molecule has 166 valence electrons. The van der Waals surface area contributed by atoms with Crippen LogP contribution in [0.15, 0.2) is 36.4 Å². The van der Waals surface area contributed by atoms with Gasteiger partial charge in [-0.25, -0.2) is 9.18 Å². The van der Waals surface area contributed by atoms with Crippen molar-refractivity contribution in [3.05, 3.63) is 58.9 Å². The van der Waals surface area contributed by atoms with E-state index in [0.29, 0.717) is 23.9 Å². The van der Waals surface area contributed by atoms with Gasteiger partial charge in [0.1, 0.15) is 5.82 Å². The minimum absolute atomic E-state index is 0.130. The van der Waals surface area contributed by atoms with Gasteiger partial charge in [0.25, 0.3) is 0 Å². The average molecular weight is 437 g/mol. The van der Waals surface area contributed by atoms with E-state index >= 15 is 0 Å². The third-order valence-corrected chi connectivity index (χ3v) is 4.73. The van der Waals surface area contributed by atoms with Crippen LogP contribution in [0.5, 0.6) is 0 Å². The minimum atomic E-state index is -4.61. The highest BCUT2D eigenvalue weighted by Crippen LogP contribution is 2.34. The number of nitrogens with one attached hydrogen (secondary N) is 2. The number of alkyl halides is 3. The summed E-state index contributed by atoms with van der Waals surface area (Å²) in [6.45, 7) is 5.21. The number of hydrogen-bond acceptors (Lipinski definition) is 2. The second kappa shape index (κ2) is 8.20. The van der Waals surface area contributed by atoms with E-state index in [-0.39, 0.29) is 30.5 Å². The van der Waals surface area contributed by atoms with Crippen molar-refractivity contribution in [2.45, 2.75) is 51.9 Å². The van der Waals surface area contributed by atoms with E-state index in [2.05, 4.69) is 10.6 Å². The quantitative estimate of drug-likeness (QED) is 0.645. The van der Waals surface area contributed by atoms with Gasteiger partial charge >= 0.3 is 12.2 Å². The summed E-state index contributed by atoms with van der Waals surface area (Å²) in [6.07, 6.45) is -4.07. The summed E-state index contributed by atoms with van der Waals surface area (Å²) in [4.78, 5) is 25.8. The Hall–Kier alpha value is -3.10. The lowest BCUT2D eigenvalue weighted by Gasteiger charge is -2.30. The Balaban J connectivity index is 1.85. The van der Waals surface area contributed by atoms with Gasteiger partial charge in [0, 0.05) is 28.9 Å². The van der Waals surface area contributed by atoms with Crippen LogP contribution in [0.1, 0.15) is 43.9 Å². The summed E-state index contributed by atoms with van der Waals surface area (Å²) in [7, 11) is 0. The molecule has 1 aliphatic rings. The fraction of sp³-hybridized carbons (Fsp3) is 0.364. The zero-order valence-corrected chi connectivity index (χ0v) is 17.4. The zero-order chi connectivity index (χ0) is 23.0. The number of nitrogens with zero attached hydrogens (tertiary/aromatic N) is 1. The summed E-state index contributed by atoms with van der Waals surface area (Å²) < 4.78 is 53.2. The van der Waals surface area contributed by atoms with Gasteiger partial charge in [-0.2, -0.15) is 13.2 Å². The van der Waals surface area contributed by atoms with E-state index < -0.39 is 23.1 Å². The summed E-state index contributed by atoms with van der Waals surface area (Å²) in [6, 6.07) is 6.67. The topological polar surface area (TPSA) is 61.4 Å². The predicted octanol–water partition coefficient (Wildman–Crippen LogP) is 5.24. The second-order valence-electron chi connectivity index (χ2n) is 8.46. The van der Waals surface area contributed by atoms with Crippen LogP contribution in [0.4, 0.5) is 33.7 Å². The van der Waals surface area contributed by atoms with Crippen molar-refractivity contribution in [1.29, 1.82) is 0 Å². The first-order chi connectivity index (χ1) is 14.3. The Kier molecular flexibility index (Phi) is 5.98. The molecule has 1 heterocycles. The van der Waals surface area contributed by atoms with Gasteiger partial charge in [-0.1, -0.05) is 0 Å². The average Bonchev–Trinajstić information content (AvgIpc) is 2.63. The van der Waals surface area contributed by atoms with Crippen LogP contribution in [-0.2, 0) is 23.9 Å². The lowest BCUT2D eigenvalue weighted by Crippen LogP contribution is -2.43. The lowest BCUT2D eigenvalue weighted by atomic mass is 9.99. The van der Waals surface area contributed by atoms with Crippen LogP contribution in [0.2, 0.25) is 0 Å². The fourth-order valence-electron chi connectivity index (χ4n) is 3.36. The summed E-state index contributed by atoms with van der Waals surface area (Å²) in [5.74, 6) is -1.12. The molecule has 0 fully saturated rings. The van der Waals surface area contributed by atoms with Gasteiger partial charge in [0.2, 0.25) is 5.91 Å². The van der Waals surface area contributed by atoms with Crippen LogP contribution in [-0.4, -0.2) is 17.5 Å². The van der Waals surface area contributed by atoms with Crippen molar-refractivity contribution in [3.63, 3.8) is 0 Å². The lowest BCUT2D eigenvalue weighted by molar-refractivity contribution is -0.137. The highest BCUT2D eigenvalue weighted by Gasteiger charge is 2.32. The molecule has 0 spiro atoms. The Bertz CT molecular complexity index is 1010. The predicted molar refractivity (Wildman–Crippen MR) is 109 cm³/mol. The van der Waals surface area contributed by atoms with Gasteiger partial charge < -0.3 is 15.5 Å². The Labute approximate surface area is 177 Å². The van der Waals surface area contributed by atoms with Crippen molar-refractivity contribution in [1.82, 2.24) is 5.32 Å². The molecule has 3 amide bonds. The van der Waals surface area contributed by atoms with E-state index in [1.165, 1.54) is 4.90 Å². The number of benzene rings is 2. The summed E-state index contributed by atoms with van der Waals surface area (Å²) in [5.41, 5.74) is 0.118. The molecule has 2 aromatic carbocycles. The Morgan fingerprint density at radius 2 is 1.77 bits per heavy atom. The molecule has 0 aromatic heterocycles. The van der Waals surface area contributed by atoms with Crippen LogP contribution in [0.3, 0.4) is 0 Å². The highest BCUT2D eigenvalue weighted by molar-refractivity contribution is 5.97.